The molecule has 0 saturated carbocycles. The van der Waals surface area contributed by atoms with Crippen molar-refractivity contribution in [2.75, 3.05) is 0 Å². The number of carboxylic acids is 1. The third-order valence-corrected chi connectivity index (χ3v) is 2.84. The first kappa shape index (κ1) is 13.0. The van der Waals surface area contributed by atoms with Gasteiger partial charge < -0.3 is 9.84 Å². The molecule has 0 saturated heterocycles. The summed E-state index contributed by atoms with van der Waals surface area (Å²) >= 11 is 3.31. The van der Waals surface area contributed by atoms with Crippen LogP contribution in [-0.4, -0.2) is 17.2 Å². The molecule has 4 heteroatoms. The van der Waals surface area contributed by atoms with Crippen LogP contribution in [0, 0.1) is 0 Å². The van der Waals surface area contributed by atoms with Gasteiger partial charge in [-0.1, -0.05) is 19.4 Å². The van der Waals surface area contributed by atoms with Gasteiger partial charge in [0.15, 0.2) is 0 Å². The Hall–Kier alpha value is -1.03. The van der Waals surface area contributed by atoms with Crippen molar-refractivity contribution in [3.63, 3.8) is 0 Å². The number of carboxylic acid groups (broad SMARTS) is 1. The second-order valence-corrected chi connectivity index (χ2v) is 4.49. The second-order valence-electron chi connectivity index (χ2n) is 3.64. The molecule has 0 aliphatic carbocycles. The van der Waals surface area contributed by atoms with Crippen molar-refractivity contribution < 1.29 is 14.6 Å². The van der Waals surface area contributed by atoms with E-state index in [1.807, 2.05) is 6.92 Å². The van der Waals surface area contributed by atoms with Crippen molar-refractivity contribution in [3.05, 3.63) is 28.2 Å². The Bertz CT molecular complexity index is 377. The Labute approximate surface area is 104 Å². The number of rotatable bonds is 5. The maximum Gasteiger partial charge on any atom is 0.339 e. The Morgan fingerprint density at radius 2 is 2.25 bits per heavy atom. The number of para-hydroxylation sites is 1. The maximum absolute atomic E-state index is 11.0. The minimum atomic E-state index is -0.972. The van der Waals surface area contributed by atoms with Crippen LogP contribution in [0.2, 0.25) is 0 Å². The first-order valence-electron chi connectivity index (χ1n) is 5.24. The fraction of sp³-hybridized carbons (Fsp3) is 0.417. The molecule has 1 aromatic rings. The van der Waals surface area contributed by atoms with Crippen molar-refractivity contribution in [1.29, 1.82) is 0 Å². The Morgan fingerprint density at radius 3 is 2.81 bits per heavy atom. The van der Waals surface area contributed by atoms with Gasteiger partial charge in [0.2, 0.25) is 0 Å². The lowest BCUT2D eigenvalue weighted by Crippen LogP contribution is -2.14. The molecule has 0 radical (unpaired) electrons. The van der Waals surface area contributed by atoms with Crippen LogP contribution in [0.4, 0.5) is 0 Å². The molecule has 1 atom stereocenters. The predicted molar refractivity (Wildman–Crippen MR) is 66.1 cm³/mol. The molecule has 1 rings (SSSR count). The second kappa shape index (κ2) is 5.89. The maximum atomic E-state index is 11.0. The van der Waals surface area contributed by atoms with Gasteiger partial charge in [-0.05, 0) is 41.4 Å². The number of halogens is 1. The molecule has 0 heterocycles. The molecular weight excluding hydrogens is 272 g/mol. The smallest absolute Gasteiger partial charge is 0.339 e. The first-order chi connectivity index (χ1) is 7.56. The molecular formula is C12H15BrO3. The lowest BCUT2D eigenvalue weighted by atomic mass is 10.2. The van der Waals surface area contributed by atoms with E-state index in [9.17, 15) is 4.79 Å². The predicted octanol–water partition coefficient (Wildman–Crippen LogP) is 3.71. The number of hydrogen-bond donors (Lipinski definition) is 1. The zero-order chi connectivity index (χ0) is 12.1. The van der Waals surface area contributed by atoms with Crippen LogP contribution < -0.4 is 4.74 Å². The Kier molecular flexibility index (Phi) is 4.80. The molecule has 0 bridgehead atoms. The lowest BCUT2D eigenvalue weighted by molar-refractivity contribution is 0.0689. The molecule has 16 heavy (non-hydrogen) atoms. The van der Waals surface area contributed by atoms with Crippen LogP contribution in [0.25, 0.3) is 0 Å². The van der Waals surface area contributed by atoms with Gasteiger partial charge in [-0.2, -0.15) is 0 Å². The van der Waals surface area contributed by atoms with E-state index < -0.39 is 5.97 Å². The SMILES string of the molecule is CCCC(C)Oc1c(Br)cccc1C(=O)O. The lowest BCUT2D eigenvalue weighted by Gasteiger charge is -2.16. The van der Waals surface area contributed by atoms with Gasteiger partial charge in [0.1, 0.15) is 11.3 Å². The Morgan fingerprint density at radius 1 is 1.56 bits per heavy atom. The van der Waals surface area contributed by atoms with Crippen LogP contribution in [0.3, 0.4) is 0 Å². The molecule has 1 unspecified atom stereocenters. The van der Waals surface area contributed by atoms with E-state index in [4.69, 9.17) is 9.84 Å². The van der Waals surface area contributed by atoms with Crippen LogP contribution in [0.15, 0.2) is 22.7 Å². The summed E-state index contributed by atoms with van der Waals surface area (Å²) in [4.78, 5) is 11.0. The number of aromatic carboxylic acids is 1. The molecule has 0 amide bonds. The number of carbonyl (C=O) groups is 1. The van der Waals surface area contributed by atoms with Crippen LogP contribution in [0.1, 0.15) is 37.0 Å². The van der Waals surface area contributed by atoms with Gasteiger partial charge in [-0.25, -0.2) is 4.79 Å². The van der Waals surface area contributed by atoms with Gasteiger partial charge in [0.25, 0.3) is 0 Å². The van der Waals surface area contributed by atoms with Gasteiger partial charge >= 0.3 is 5.97 Å². The van der Waals surface area contributed by atoms with Crippen molar-refractivity contribution in [3.8, 4) is 5.75 Å². The van der Waals surface area contributed by atoms with E-state index in [1.54, 1.807) is 18.2 Å². The standard InChI is InChI=1S/C12H15BrO3/c1-3-5-8(2)16-11-9(12(14)15)6-4-7-10(11)13/h4,6-8H,3,5H2,1-2H3,(H,14,15). The van der Waals surface area contributed by atoms with E-state index >= 15 is 0 Å². The number of ether oxygens (including phenoxy) is 1. The molecule has 0 aliphatic heterocycles. The normalized spacial score (nSPS) is 12.2. The van der Waals surface area contributed by atoms with Crippen molar-refractivity contribution in [2.24, 2.45) is 0 Å². The summed E-state index contributed by atoms with van der Waals surface area (Å²) in [5.41, 5.74) is 0.192. The molecule has 1 aromatic carbocycles. The largest absolute Gasteiger partial charge is 0.489 e. The van der Waals surface area contributed by atoms with E-state index in [0.717, 1.165) is 12.8 Å². The minimum Gasteiger partial charge on any atom is -0.489 e. The molecule has 3 nitrogen and oxygen atoms in total. The van der Waals surface area contributed by atoms with Gasteiger partial charge in [-0.3, -0.25) is 0 Å². The average molecular weight is 287 g/mol. The molecule has 0 aliphatic rings. The molecule has 88 valence electrons. The van der Waals surface area contributed by atoms with Crippen LogP contribution >= 0.6 is 15.9 Å². The van der Waals surface area contributed by atoms with Gasteiger partial charge in [0.05, 0.1) is 10.6 Å². The highest BCUT2D eigenvalue weighted by Gasteiger charge is 2.16. The van der Waals surface area contributed by atoms with Crippen molar-refractivity contribution >= 4 is 21.9 Å². The monoisotopic (exact) mass is 286 g/mol. The third kappa shape index (κ3) is 3.23. The summed E-state index contributed by atoms with van der Waals surface area (Å²) in [5.74, 6) is -0.559. The zero-order valence-corrected chi connectivity index (χ0v) is 11.0. The van der Waals surface area contributed by atoms with Crippen molar-refractivity contribution in [1.82, 2.24) is 0 Å². The van der Waals surface area contributed by atoms with Crippen LogP contribution in [0.5, 0.6) is 5.75 Å². The zero-order valence-electron chi connectivity index (χ0n) is 9.37. The summed E-state index contributed by atoms with van der Waals surface area (Å²) in [7, 11) is 0. The van der Waals surface area contributed by atoms with Crippen LogP contribution in [-0.2, 0) is 0 Å². The molecule has 0 aromatic heterocycles. The van der Waals surface area contributed by atoms with E-state index in [0.29, 0.717) is 10.2 Å². The van der Waals surface area contributed by atoms with E-state index in [2.05, 4.69) is 22.9 Å². The molecule has 0 spiro atoms. The fourth-order valence-corrected chi connectivity index (χ4v) is 1.92. The summed E-state index contributed by atoms with van der Waals surface area (Å²) in [5, 5.41) is 9.03. The quantitative estimate of drug-likeness (QED) is 0.897. The minimum absolute atomic E-state index is 0.0156. The molecule has 0 fully saturated rings. The van der Waals surface area contributed by atoms with Gasteiger partial charge in [-0.15, -0.1) is 0 Å². The van der Waals surface area contributed by atoms with E-state index in [1.165, 1.54) is 0 Å². The topological polar surface area (TPSA) is 46.5 Å². The summed E-state index contributed by atoms with van der Waals surface area (Å²) < 4.78 is 6.33. The Balaban J connectivity index is 2.97. The highest BCUT2D eigenvalue weighted by atomic mass is 79.9. The summed E-state index contributed by atoms with van der Waals surface area (Å²) in [6.07, 6.45) is 1.93. The third-order valence-electron chi connectivity index (χ3n) is 2.21. The number of hydrogen-bond acceptors (Lipinski definition) is 2. The summed E-state index contributed by atoms with van der Waals surface area (Å²) in [6, 6.07) is 5.01. The van der Waals surface area contributed by atoms with E-state index in [-0.39, 0.29) is 11.7 Å². The van der Waals surface area contributed by atoms with Crippen molar-refractivity contribution in [2.45, 2.75) is 32.8 Å². The highest BCUT2D eigenvalue weighted by Crippen LogP contribution is 2.30. The highest BCUT2D eigenvalue weighted by molar-refractivity contribution is 9.10. The fourth-order valence-electron chi connectivity index (χ4n) is 1.46. The average Bonchev–Trinajstić information content (AvgIpc) is 2.21. The van der Waals surface area contributed by atoms with Gasteiger partial charge in [0, 0.05) is 0 Å². The summed E-state index contributed by atoms with van der Waals surface area (Å²) in [6.45, 7) is 4.01. The first-order valence-corrected chi connectivity index (χ1v) is 6.04. The number of benzene rings is 1. The molecule has 1 N–H and O–H groups in total.